The molecule has 1 fully saturated rings. The molecule has 3 rings (SSSR count). The predicted molar refractivity (Wildman–Crippen MR) is 126 cm³/mol. The van der Waals surface area contributed by atoms with Gasteiger partial charge in [0.25, 0.3) is 0 Å². The molecule has 0 amide bonds. The van der Waals surface area contributed by atoms with Crippen LogP contribution >= 0.6 is 0 Å². The number of allylic oxidation sites excluding steroid dienone is 4. The maximum Gasteiger partial charge on any atom is 0.130 e. The van der Waals surface area contributed by atoms with E-state index in [9.17, 15) is 0 Å². The van der Waals surface area contributed by atoms with E-state index in [0.29, 0.717) is 12.6 Å². The van der Waals surface area contributed by atoms with Gasteiger partial charge in [0.2, 0.25) is 0 Å². The Bertz CT molecular complexity index is 892. The monoisotopic (exact) mass is 409 g/mol. The molecule has 30 heavy (non-hydrogen) atoms. The van der Waals surface area contributed by atoms with Crippen LogP contribution in [0.5, 0.6) is 0 Å². The van der Waals surface area contributed by atoms with Gasteiger partial charge in [0.05, 0.1) is 43.9 Å². The second-order valence-electron chi connectivity index (χ2n) is 8.16. The minimum atomic E-state index is 0.291. The van der Waals surface area contributed by atoms with E-state index < -0.39 is 0 Å². The van der Waals surface area contributed by atoms with Crippen molar-refractivity contribution in [2.45, 2.75) is 47.1 Å². The molecule has 0 saturated carbocycles. The summed E-state index contributed by atoms with van der Waals surface area (Å²) in [6.07, 6.45) is 7.33. The van der Waals surface area contributed by atoms with Crippen molar-refractivity contribution in [2.75, 3.05) is 44.9 Å². The average molecular weight is 410 g/mol. The van der Waals surface area contributed by atoms with Crippen LogP contribution in [0.2, 0.25) is 0 Å². The fraction of sp³-hybridized carbons (Fsp3) is 0.520. The van der Waals surface area contributed by atoms with Gasteiger partial charge in [-0.3, -0.25) is 4.99 Å². The second kappa shape index (κ2) is 10.2. The number of pyridine rings is 1. The van der Waals surface area contributed by atoms with Gasteiger partial charge in [0, 0.05) is 19.2 Å². The Labute approximate surface area is 181 Å². The van der Waals surface area contributed by atoms with Gasteiger partial charge in [-0.1, -0.05) is 23.8 Å². The summed E-state index contributed by atoms with van der Waals surface area (Å²) in [6, 6.07) is 2.54. The summed E-state index contributed by atoms with van der Waals surface area (Å²) in [6.45, 7) is 14.4. The molecule has 5 heteroatoms. The fourth-order valence-electron chi connectivity index (χ4n) is 4.15. The molecule has 1 unspecified atom stereocenters. The quantitative estimate of drug-likeness (QED) is 0.520. The van der Waals surface area contributed by atoms with Gasteiger partial charge < -0.3 is 14.4 Å². The number of aromatic nitrogens is 1. The van der Waals surface area contributed by atoms with Crippen LogP contribution in [0.25, 0.3) is 5.57 Å². The lowest BCUT2D eigenvalue weighted by atomic mass is 9.92. The van der Waals surface area contributed by atoms with Crippen LogP contribution in [0.15, 0.2) is 40.4 Å². The average Bonchev–Trinajstić information content (AvgIpc) is 2.75. The molecule has 0 N–H and O–H groups in total. The van der Waals surface area contributed by atoms with Crippen LogP contribution in [-0.2, 0) is 9.47 Å². The molecule has 0 spiro atoms. The van der Waals surface area contributed by atoms with Gasteiger partial charge in [0.1, 0.15) is 5.82 Å². The Balaban J connectivity index is 2.21. The summed E-state index contributed by atoms with van der Waals surface area (Å²) in [5.74, 6) is 1.00. The van der Waals surface area contributed by atoms with E-state index in [1.54, 1.807) is 0 Å². The van der Waals surface area contributed by atoms with E-state index >= 15 is 0 Å². The molecule has 2 aliphatic heterocycles. The molecule has 162 valence electrons. The standard InChI is InChI=1S/C25H35N3O2/c1-7-8-21(17(2)3)25(26-6)24-19(5)22(20-9-12-29-13-10-20)15-23(27-24)28-11-14-30-16-18(28)4/h7-9,15,18H,10-14,16H2,1-6H3/b8-7-,26-25-. The first-order valence-electron chi connectivity index (χ1n) is 10.9. The first kappa shape index (κ1) is 22.4. The normalized spacial score (nSPS) is 20.5. The van der Waals surface area contributed by atoms with Crippen molar-refractivity contribution < 1.29 is 9.47 Å². The maximum absolute atomic E-state index is 5.67. The zero-order chi connectivity index (χ0) is 21.7. The van der Waals surface area contributed by atoms with Crippen molar-refractivity contribution in [3.63, 3.8) is 0 Å². The number of morpholine rings is 1. The van der Waals surface area contributed by atoms with E-state index in [-0.39, 0.29) is 0 Å². The zero-order valence-electron chi connectivity index (χ0n) is 19.3. The van der Waals surface area contributed by atoms with Crippen molar-refractivity contribution in [1.29, 1.82) is 0 Å². The van der Waals surface area contributed by atoms with Gasteiger partial charge >= 0.3 is 0 Å². The van der Waals surface area contributed by atoms with E-state index in [0.717, 1.165) is 55.6 Å². The molecular weight excluding hydrogens is 374 g/mol. The Morgan fingerprint density at radius 1 is 1.27 bits per heavy atom. The molecule has 1 saturated heterocycles. The highest BCUT2D eigenvalue weighted by molar-refractivity contribution is 6.15. The van der Waals surface area contributed by atoms with Crippen molar-refractivity contribution in [2.24, 2.45) is 4.99 Å². The molecule has 0 aliphatic carbocycles. The number of anilines is 1. The summed E-state index contributed by atoms with van der Waals surface area (Å²) in [7, 11) is 1.86. The van der Waals surface area contributed by atoms with Crippen molar-refractivity contribution in [3.05, 3.63) is 52.3 Å². The molecule has 1 aromatic heterocycles. The molecule has 5 nitrogen and oxygen atoms in total. The second-order valence-corrected chi connectivity index (χ2v) is 8.16. The summed E-state index contributed by atoms with van der Waals surface area (Å²) in [5.41, 5.74) is 8.04. The summed E-state index contributed by atoms with van der Waals surface area (Å²) < 4.78 is 11.2. The Morgan fingerprint density at radius 3 is 2.67 bits per heavy atom. The van der Waals surface area contributed by atoms with Crippen LogP contribution in [0.1, 0.15) is 50.9 Å². The molecule has 1 aromatic rings. The minimum absolute atomic E-state index is 0.291. The molecular formula is C25H35N3O2. The third-order valence-electron chi connectivity index (χ3n) is 5.81. The van der Waals surface area contributed by atoms with Gasteiger partial charge in [-0.15, -0.1) is 0 Å². The minimum Gasteiger partial charge on any atom is -0.377 e. The van der Waals surface area contributed by atoms with Crippen molar-refractivity contribution in [1.82, 2.24) is 4.98 Å². The van der Waals surface area contributed by atoms with Gasteiger partial charge in [0.15, 0.2) is 0 Å². The molecule has 3 heterocycles. The van der Waals surface area contributed by atoms with E-state index in [1.165, 1.54) is 22.3 Å². The first-order chi connectivity index (χ1) is 14.5. The van der Waals surface area contributed by atoms with Gasteiger partial charge in [-0.05, 0) is 63.8 Å². The molecule has 2 aliphatic rings. The zero-order valence-corrected chi connectivity index (χ0v) is 19.3. The van der Waals surface area contributed by atoms with Crippen LogP contribution < -0.4 is 4.90 Å². The van der Waals surface area contributed by atoms with E-state index in [2.05, 4.69) is 56.9 Å². The summed E-state index contributed by atoms with van der Waals surface area (Å²) >= 11 is 0. The Hall–Kier alpha value is -2.24. The first-order valence-corrected chi connectivity index (χ1v) is 10.9. The molecule has 0 bridgehead atoms. The maximum atomic E-state index is 5.67. The smallest absolute Gasteiger partial charge is 0.130 e. The van der Waals surface area contributed by atoms with Crippen LogP contribution in [-0.4, -0.2) is 56.8 Å². The van der Waals surface area contributed by atoms with Crippen molar-refractivity contribution >= 4 is 17.1 Å². The van der Waals surface area contributed by atoms with E-state index in [4.69, 9.17) is 19.5 Å². The summed E-state index contributed by atoms with van der Waals surface area (Å²) in [5, 5.41) is 0. The third-order valence-corrected chi connectivity index (χ3v) is 5.81. The number of ether oxygens (including phenoxy) is 2. The van der Waals surface area contributed by atoms with Gasteiger partial charge in [-0.25, -0.2) is 4.98 Å². The lowest BCUT2D eigenvalue weighted by Gasteiger charge is -2.35. The predicted octanol–water partition coefficient (Wildman–Crippen LogP) is 4.75. The third kappa shape index (κ3) is 4.73. The molecule has 1 atom stereocenters. The van der Waals surface area contributed by atoms with Crippen LogP contribution in [0.3, 0.4) is 0 Å². The highest BCUT2D eigenvalue weighted by Crippen LogP contribution is 2.32. The topological polar surface area (TPSA) is 47.0 Å². The van der Waals surface area contributed by atoms with Crippen molar-refractivity contribution in [3.8, 4) is 0 Å². The molecule has 0 aromatic carbocycles. The largest absolute Gasteiger partial charge is 0.377 e. The van der Waals surface area contributed by atoms with Gasteiger partial charge in [-0.2, -0.15) is 0 Å². The number of aliphatic imine (C=N–C) groups is 1. The molecule has 0 radical (unpaired) electrons. The lowest BCUT2D eigenvalue weighted by molar-refractivity contribution is 0.0985. The van der Waals surface area contributed by atoms with Crippen LogP contribution in [0.4, 0.5) is 5.82 Å². The Morgan fingerprint density at radius 2 is 2.07 bits per heavy atom. The summed E-state index contributed by atoms with van der Waals surface area (Å²) in [4.78, 5) is 12.2. The number of rotatable bonds is 5. The number of hydrogen-bond acceptors (Lipinski definition) is 5. The fourth-order valence-corrected chi connectivity index (χ4v) is 4.15. The number of nitrogens with zero attached hydrogens (tertiary/aromatic N) is 3. The van der Waals surface area contributed by atoms with Crippen LogP contribution in [0, 0.1) is 6.92 Å². The highest BCUT2D eigenvalue weighted by atomic mass is 16.5. The highest BCUT2D eigenvalue weighted by Gasteiger charge is 2.25. The SMILES string of the molecule is C/C=C\C(=C(C)C)/C(=N/C)c1nc(N2CCOCC2C)cc(C2=CCOCC2)c1C. The lowest BCUT2D eigenvalue weighted by Crippen LogP contribution is -2.44. The Kier molecular flexibility index (Phi) is 7.62. The number of hydrogen-bond donors (Lipinski definition) is 0. The van der Waals surface area contributed by atoms with E-state index in [1.807, 2.05) is 14.0 Å².